The number of alkyl halides is 3. The van der Waals surface area contributed by atoms with Crippen molar-refractivity contribution in [3.05, 3.63) is 17.3 Å². The van der Waals surface area contributed by atoms with E-state index in [1.54, 1.807) is 6.07 Å². The summed E-state index contributed by atoms with van der Waals surface area (Å²) in [5.41, 5.74) is 0.463. The van der Waals surface area contributed by atoms with Gasteiger partial charge >= 0.3 is 6.18 Å². The number of nitrogens with one attached hydrogen (secondary N) is 1. The Balaban J connectivity index is 1.13. The van der Waals surface area contributed by atoms with Crippen LogP contribution in [0.25, 0.3) is 10.2 Å². The molecule has 0 radical (unpaired) electrons. The average molecular weight is 452 g/mol. The van der Waals surface area contributed by atoms with Crippen LogP contribution in [0.5, 0.6) is 0 Å². The molecule has 166 valence electrons. The van der Waals surface area contributed by atoms with Crippen LogP contribution in [-0.2, 0) is 11.2 Å². The van der Waals surface area contributed by atoms with Crippen LogP contribution in [0.2, 0.25) is 0 Å². The van der Waals surface area contributed by atoms with Crippen molar-refractivity contribution in [1.82, 2.24) is 20.2 Å². The molecule has 10 heteroatoms. The van der Waals surface area contributed by atoms with Crippen LogP contribution < -0.4 is 10.2 Å². The molecule has 0 unspecified atom stereocenters. The highest BCUT2D eigenvalue weighted by atomic mass is 32.1. The minimum absolute atomic E-state index is 0.0308. The van der Waals surface area contributed by atoms with Crippen molar-refractivity contribution in [3.63, 3.8) is 0 Å². The summed E-state index contributed by atoms with van der Waals surface area (Å²) in [4.78, 5) is 26.4. The van der Waals surface area contributed by atoms with Gasteiger partial charge in [-0.1, -0.05) is 0 Å². The lowest BCUT2D eigenvalue weighted by atomic mass is 9.78. The Kier molecular flexibility index (Phi) is 4.16. The Morgan fingerprint density at radius 1 is 1.19 bits per heavy atom. The van der Waals surface area contributed by atoms with E-state index in [-0.39, 0.29) is 22.2 Å². The van der Waals surface area contributed by atoms with Gasteiger partial charge in [0.25, 0.3) is 0 Å². The first-order chi connectivity index (χ1) is 14.7. The summed E-state index contributed by atoms with van der Waals surface area (Å²) in [6.45, 7) is 4.05. The molecule has 1 atom stereocenters. The number of anilines is 1. The molecule has 2 spiro atoms. The highest BCUT2D eigenvalue weighted by Crippen LogP contribution is 2.52. The molecule has 3 aliphatic heterocycles. The monoisotopic (exact) mass is 451 g/mol. The van der Waals surface area contributed by atoms with E-state index in [0.717, 1.165) is 56.9 Å². The molecule has 6 rings (SSSR count). The number of aromatic nitrogens is 2. The molecular formula is C21H24F3N5OS. The molecule has 1 amide bonds. The van der Waals surface area contributed by atoms with Gasteiger partial charge in [-0.15, -0.1) is 11.3 Å². The van der Waals surface area contributed by atoms with E-state index in [1.165, 1.54) is 19.2 Å². The first-order valence-electron chi connectivity index (χ1n) is 10.8. The lowest BCUT2D eigenvalue weighted by molar-refractivity contribution is -0.144. The van der Waals surface area contributed by atoms with Crippen molar-refractivity contribution >= 4 is 33.3 Å². The standard InChI is InChI=1S/C21H24F3N5OS/c22-21(23,24)6-13-5-14-16(26-12-27-17(14)31-13)28-4-3-20(9-28)10-29(11-20)18(30)15-7-19(1-2-19)8-25-15/h5,12,15,25H,1-4,6-11H2/t15-/m0/s1. The fourth-order valence-corrected chi connectivity index (χ4v) is 6.61. The molecule has 6 nitrogen and oxygen atoms in total. The van der Waals surface area contributed by atoms with Crippen LogP contribution in [0.4, 0.5) is 19.0 Å². The van der Waals surface area contributed by atoms with Gasteiger partial charge in [-0.2, -0.15) is 13.2 Å². The maximum absolute atomic E-state index is 12.9. The number of nitrogens with zero attached hydrogens (tertiary/aromatic N) is 4. The first-order valence-corrected chi connectivity index (χ1v) is 11.6. The van der Waals surface area contributed by atoms with E-state index >= 15 is 0 Å². The smallest absolute Gasteiger partial charge is 0.355 e. The molecule has 1 saturated carbocycles. The van der Waals surface area contributed by atoms with E-state index in [2.05, 4.69) is 20.2 Å². The summed E-state index contributed by atoms with van der Waals surface area (Å²) in [5.74, 6) is 0.941. The summed E-state index contributed by atoms with van der Waals surface area (Å²) in [5, 5.41) is 4.11. The van der Waals surface area contributed by atoms with Gasteiger partial charge in [0.05, 0.1) is 17.8 Å². The molecule has 0 aromatic carbocycles. The largest absolute Gasteiger partial charge is 0.393 e. The second-order valence-electron chi connectivity index (χ2n) is 9.92. The molecule has 31 heavy (non-hydrogen) atoms. The van der Waals surface area contributed by atoms with Gasteiger partial charge in [0.1, 0.15) is 17.0 Å². The molecule has 2 aromatic rings. The zero-order valence-corrected chi connectivity index (χ0v) is 17.9. The third-order valence-corrected chi connectivity index (χ3v) is 8.50. The Morgan fingerprint density at radius 2 is 2.00 bits per heavy atom. The number of halogens is 3. The van der Waals surface area contributed by atoms with Crippen molar-refractivity contribution in [3.8, 4) is 0 Å². The van der Waals surface area contributed by atoms with Crippen LogP contribution in [0.15, 0.2) is 12.4 Å². The van der Waals surface area contributed by atoms with Gasteiger partial charge in [-0.05, 0) is 37.2 Å². The Bertz CT molecular complexity index is 1040. The zero-order valence-electron chi connectivity index (χ0n) is 17.0. The summed E-state index contributed by atoms with van der Waals surface area (Å²) >= 11 is 1.08. The number of carbonyl (C=O) groups excluding carboxylic acids is 1. The van der Waals surface area contributed by atoms with Gasteiger partial charge in [0.15, 0.2) is 0 Å². The summed E-state index contributed by atoms with van der Waals surface area (Å²) in [6, 6.07) is 1.56. The van der Waals surface area contributed by atoms with E-state index in [4.69, 9.17) is 0 Å². The number of hydrogen-bond acceptors (Lipinski definition) is 6. The lowest BCUT2D eigenvalue weighted by Crippen LogP contribution is -2.62. The fraction of sp³-hybridized carbons (Fsp3) is 0.667. The molecule has 2 aromatic heterocycles. The van der Waals surface area contributed by atoms with Gasteiger partial charge in [-0.25, -0.2) is 9.97 Å². The van der Waals surface area contributed by atoms with Gasteiger partial charge < -0.3 is 15.1 Å². The number of rotatable bonds is 3. The van der Waals surface area contributed by atoms with Crippen LogP contribution in [-0.4, -0.2) is 65.7 Å². The SMILES string of the molecule is O=C([C@@H]1CC2(CC2)CN1)N1CC2(CCN(c3ncnc4sc(CC(F)(F)F)cc34)C2)C1. The number of hydrogen-bond donors (Lipinski definition) is 1. The van der Waals surface area contributed by atoms with Gasteiger partial charge in [0, 0.05) is 43.0 Å². The number of amides is 1. The van der Waals surface area contributed by atoms with E-state index in [9.17, 15) is 18.0 Å². The van der Waals surface area contributed by atoms with Crippen molar-refractivity contribution < 1.29 is 18.0 Å². The zero-order chi connectivity index (χ0) is 21.4. The van der Waals surface area contributed by atoms with Crippen LogP contribution >= 0.6 is 11.3 Å². The van der Waals surface area contributed by atoms with E-state index < -0.39 is 12.6 Å². The van der Waals surface area contributed by atoms with Gasteiger partial charge in [-0.3, -0.25) is 4.79 Å². The summed E-state index contributed by atoms with van der Waals surface area (Å²) in [6.07, 6.45) is 0.675. The topological polar surface area (TPSA) is 61.4 Å². The third-order valence-electron chi connectivity index (χ3n) is 7.45. The molecule has 0 bridgehead atoms. The third kappa shape index (κ3) is 3.47. The molecule has 1 aliphatic carbocycles. The summed E-state index contributed by atoms with van der Waals surface area (Å²) < 4.78 is 38.4. The van der Waals surface area contributed by atoms with Crippen LogP contribution in [0.1, 0.15) is 30.6 Å². The van der Waals surface area contributed by atoms with Crippen LogP contribution in [0.3, 0.4) is 0 Å². The molecule has 5 heterocycles. The molecule has 1 N–H and O–H groups in total. The molecule has 4 fully saturated rings. The maximum atomic E-state index is 12.9. The Labute approximate surface area is 181 Å². The maximum Gasteiger partial charge on any atom is 0.393 e. The fourth-order valence-electron chi connectivity index (χ4n) is 5.59. The van der Waals surface area contributed by atoms with E-state index in [1.807, 2.05) is 4.90 Å². The van der Waals surface area contributed by atoms with Crippen molar-refractivity contribution in [2.75, 3.05) is 37.6 Å². The number of likely N-dealkylation sites (tertiary alicyclic amines) is 1. The normalized spacial score (nSPS) is 26.2. The van der Waals surface area contributed by atoms with Crippen molar-refractivity contribution in [1.29, 1.82) is 0 Å². The Hall–Kier alpha value is -1.94. The van der Waals surface area contributed by atoms with Crippen molar-refractivity contribution in [2.45, 2.75) is 44.3 Å². The average Bonchev–Trinajstić information content (AvgIpc) is 3.04. The first kappa shape index (κ1) is 19.7. The number of carbonyl (C=O) groups is 1. The highest BCUT2D eigenvalue weighted by molar-refractivity contribution is 7.18. The number of thiophene rings is 1. The predicted octanol–water partition coefficient (Wildman–Crippen LogP) is 2.98. The molecular weight excluding hydrogens is 427 g/mol. The second kappa shape index (κ2) is 6.54. The van der Waals surface area contributed by atoms with Crippen LogP contribution in [0, 0.1) is 10.8 Å². The van der Waals surface area contributed by atoms with E-state index in [0.29, 0.717) is 21.4 Å². The van der Waals surface area contributed by atoms with Crippen molar-refractivity contribution in [2.24, 2.45) is 10.8 Å². The Morgan fingerprint density at radius 3 is 2.71 bits per heavy atom. The van der Waals surface area contributed by atoms with Gasteiger partial charge in [0.2, 0.25) is 5.91 Å². The minimum atomic E-state index is -4.23. The minimum Gasteiger partial charge on any atom is -0.355 e. The second-order valence-corrected chi connectivity index (χ2v) is 11.0. The number of fused-ring (bicyclic) bond motifs is 1. The molecule has 3 saturated heterocycles. The molecule has 4 aliphatic rings. The quantitative estimate of drug-likeness (QED) is 0.778. The lowest BCUT2D eigenvalue weighted by Gasteiger charge is -2.48. The summed E-state index contributed by atoms with van der Waals surface area (Å²) in [7, 11) is 0. The predicted molar refractivity (Wildman–Crippen MR) is 111 cm³/mol. The highest BCUT2D eigenvalue weighted by Gasteiger charge is 2.54.